The van der Waals surface area contributed by atoms with Crippen LogP contribution in [0.5, 0.6) is 0 Å². The van der Waals surface area contributed by atoms with Gasteiger partial charge in [0.1, 0.15) is 10.7 Å². The summed E-state index contributed by atoms with van der Waals surface area (Å²) in [6.07, 6.45) is 4.19. The molecule has 0 unspecified atom stereocenters. The Labute approximate surface area is 139 Å². The van der Waals surface area contributed by atoms with E-state index >= 15 is 0 Å². The van der Waals surface area contributed by atoms with Crippen molar-refractivity contribution in [3.05, 3.63) is 51.1 Å². The second kappa shape index (κ2) is 5.90. The van der Waals surface area contributed by atoms with E-state index in [1.165, 1.54) is 23.5 Å². The molecule has 0 aliphatic rings. The monoisotopic (exact) mass is 350 g/mol. The normalized spacial score (nSPS) is 10.7. The molecule has 116 valence electrons. The van der Waals surface area contributed by atoms with Gasteiger partial charge in [-0.2, -0.15) is 4.98 Å². The largest absolute Gasteiger partial charge is 0.322 e. The highest BCUT2D eigenvalue weighted by atomic mass is 35.5. The summed E-state index contributed by atoms with van der Waals surface area (Å²) >= 11 is 11.8. The zero-order valence-electron chi connectivity index (χ0n) is 11.6. The zero-order chi connectivity index (χ0) is 16.6. The summed E-state index contributed by atoms with van der Waals surface area (Å²) in [5.74, 6) is 0.248. The number of nitro benzene ring substituents is 1. The van der Waals surface area contributed by atoms with E-state index in [-0.39, 0.29) is 33.0 Å². The molecule has 0 aliphatic heterocycles. The molecule has 3 aromatic rings. The first-order chi connectivity index (χ1) is 11.0. The molecule has 0 saturated carbocycles. The van der Waals surface area contributed by atoms with Crippen LogP contribution < -0.4 is 4.90 Å². The maximum atomic E-state index is 11.5. The van der Waals surface area contributed by atoms with Gasteiger partial charge in [-0.1, -0.05) is 11.6 Å². The minimum atomic E-state index is -0.514. The molecule has 0 fully saturated rings. The number of nitrogens with zero attached hydrogens (tertiary/aromatic N) is 6. The van der Waals surface area contributed by atoms with Crippen LogP contribution in [0.15, 0.2) is 30.7 Å². The number of hydrogen-bond donors (Lipinski definition) is 0. The molecule has 8 nitrogen and oxygen atoms in total. The van der Waals surface area contributed by atoms with Crippen LogP contribution in [0.2, 0.25) is 10.3 Å². The molecule has 1 aromatic carbocycles. The van der Waals surface area contributed by atoms with Crippen molar-refractivity contribution in [2.75, 3.05) is 11.9 Å². The molecular formula is C13H8Cl2N6O2. The van der Waals surface area contributed by atoms with Crippen LogP contribution in [0.4, 0.5) is 17.2 Å². The van der Waals surface area contributed by atoms with Crippen LogP contribution in [-0.4, -0.2) is 31.9 Å². The van der Waals surface area contributed by atoms with E-state index in [0.29, 0.717) is 5.52 Å². The van der Waals surface area contributed by atoms with Crippen molar-refractivity contribution in [2.45, 2.75) is 0 Å². The van der Waals surface area contributed by atoms with Gasteiger partial charge in [-0.15, -0.1) is 0 Å². The zero-order valence-corrected chi connectivity index (χ0v) is 13.2. The van der Waals surface area contributed by atoms with Crippen molar-refractivity contribution in [2.24, 2.45) is 0 Å². The highest BCUT2D eigenvalue weighted by Gasteiger charge is 2.25. The predicted molar refractivity (Wildman–Crippen MR) is 86.3 cm³/mol. The van der Waals surface area contributed by atoms with Crippen LogP contribution in [0.1, 0.15) is 0 Å². The second-order valence-corrected chi connectivity index (χ2v) is 5.23. The highest BCUT2D eigenvalue weighted by molar-refractivity contribution is 6.33. The molecule has 2 heterocycles. The Balaban J connectivity index is 2.25. The molecule has 0 N–H and O–H groups in total. The van der Waals surface area contributed by atoms with Gasteiger partial charge in [-0.05, 0) is 23.7 Å². The standard InChI is InChI=1S/C13H8Cl2N6O2/c1-20(12-7(14)6-18-13(15)19-12)9-3-2-8-10(11(9)21(22)23)17-5-4-16-8/h2-6H,1H3. The number of anilines is 2. The fraction of sp³-hybridized carbons (Fsp3) is 0.0769. The van der Waals surface area contributed by atoms with Crippen LogP contribution in [0.25, 0.3) is 11.0 Å². The summed E-state index contributed by atoms with van der Waals surface area (Å²) in [6.45, 7) is 0. The molecule has 0 atom stereocenters. The van der Waals surface area contributed by atoms with E-state index in [0.717, 1.165) is 0 Å². The lowest BCUT2D eigenvalue weighted by atomic mass is 10.2. The first-order valence-corrected chi connectivity index (χ1v) is 7.04. The van der Waals surface area contributed by atoms with Crippen LogP contribution in [0.3, 0.4) is 0 Å². The van der Waals surface area contributed by atoms with Gasteiger partial charge < -0.3 is 4.90 Å². The minimum Gasteiger partial charge on any atom is -0.322 e. The maximum absolute atomic E-state index is 11.5. The summed E-state index contributed by atoms with van der Waals surface area (Å²) in [4.78, 5) is 28.4. The van der Waals surface area contributed by atoms with Gasteiger partial charge in [0.2, 0.25) is 5.28 Å². The molecule has 0 amide bonds. The van der Waals surface area contributed by atoms with E-state index in [2.05, 4.69) is 19.9 Å². The minimum absolute atomic E-state index is 0.0144. The average Bonchev–Trinajstić information content (AvgIpc) is 2.55. The first kappa shape index (κ1) is 15.3. The summed E-state index contributed by atoms with van der Waals surface area (Å²) in [5, 5.41) is 11.7. The number of halogens is 2. The Kier molecular flexibility index (Phi) is 3.93. The third-order valence-corrected chi connectivity index (χ3v) is 3.60. The fourth-order valence-electron chi connectivity index (χ4n) is 2.15. The van der Waals surface area contributed by atoms with Crippen molar-refractivity contribution >= 4 is 51.4 Å². The topological polar surface area (TPSA) is 97.9 Å². The van der Waals surface area contributed by atoms with Gasteiger partial charge in [-0.3, -0.25) is 15.1 Å². The Morgan fingerprint density at radius 3 is 2.65 bits per heavy atom. The molecule has 10 heteroatoms. The molecule has 0 spiro atoms. The smallest absolute Gasteiger partial charge is 0.320 e. The number of benzene rings is 1. The van der Waals surface area contributed by atoms with Crippen LogP contribution in [-0.2, 0) is 0 Å². The summed E-state index contributed by atoms with van der Waals surface area (Å²) in [6, 6.07) is 3.19. The number of aromatic nitrogens is 4. The fourth-order valence-corrected chi connectivity index (χ4v) is 2.50. The Hall–Kier alpha value is -2.58. The van der Waals surface area contributed by atoms with E-state index < -0.39 is 4.92 Å². The molecule has 0 bridgehead atoms. The Bertz CT molecular complexity index is 920. The summed E-state index contributed by atoms with van der Waals surface area (Å²) in [5.41, 5.74) is 0.671. The molecule has 0 aliphatic carbocycles. The number of nitro groups is 1. The Morgan fingerprint density at radius 2 is 1.91 bits per heavy atom. The van der Waals surface area contributed by atoms with E-state index in [1.807, 2.05) is 0 Å². The van der Waals surface area contributed by atoms with Gasteiger partial charge in [0, 0.05) is 19.4 Å². The maximum Gasteiger partial charge on any atom is 0.320 e. The molecule has 0 saturated heterocycles. The second-order valence-electron chi connectivity index (χ2n) is 4.48. The molecule has 23 heavy (non-hydrogen) atoms. The third kappa shape index (κ3) is 2.73. The highest BCUT2D eigenvalue weighted by Crippen LogP contribution is 2.38. The molecular weight excluding hydrogens is 343 g/mol. The third-order valence-electron chi connectivity index (χ3n) is 3.15. The SMILES string of the molecule is CN(c1ccc2nccnc2c1[N+](=O)[O-])c1nc(Cl)ncc1Cl. The Morgan fingerprint density at radius 1 is 1.17 bits per heavy atom. The van der Waals surface area contributed by atoms with Crippen molar-refractivity contribution < 1.29 is 4.92 Å². The number of hydrogen-bond acceptors (Lipinski definition) is 7. The summed E-state index contributed by atoms with van der Waals surface area (Å²) in [7, 11) is 1.59. The molecule has 2 aromatic heterocycles. The van der Waals surface area contributed by atoms with E-state index in [1.54, 1.807) is 19.2 Å². The first-order valence-electron chi connectivity index (χ1n) is 6.29. The lowest BCUT2D eigenvalue weighted by Crippen LogP contribution is -2.14. The van der Waals surface area contributed by atoms with Gasteiger partial charge in [0.15, 0.2) is 11.3 Å². The van der Waals surface area contributed by atoms with Crippen molar-refractivity contribution in [3.63, 3.8) is 0 Å². The molecule has 3 rings (SSSR count). The number of rotatable bonds is 3. The van der Waals surface area contributed by atoms with Crippen LogP contribution >= 0.6 is 23.2 Å². The quantitative estimate of drug-likeness (QED) is 0.405. The van der Waals surface area contributed by atoms with Gasteiger partial charge >= 0.3 is 5.69 Å². The lowest BCUT2D eigenvalue weighted by molar-refractivity contribution is -0.382. The van der Waals surface area contributed by atoms with Gasteiger partial charge in [-0.25, -0.2) is 9.97 Å². The van der Waals surface area contributed by atoms with Crippen molar-refractivity contribution in [1.82, 2.24) is 19.9 Å². The van der Waals surface area contributed by atoms with E-state index in [4.69, 9.17) is 23.2 Å². The van der Waals surface area contributed by atoms with Gasteiger partial charge in [0.25, 0.3) is 0 Å². The van der Waals surface area contributed by atoms with Gasteiger partial charge in [0.05, 0.1) is 16.6 Å². The average molecular weight is 351 g/mol. The summed E-state index contributed by atoms with van der Waals surface area (Å²) < 4.78 is 0. The van der Waals surface area contributed by atoms with Crippen molar-refractivity contribution in [3.8, 4) is 0 Å². The molecule has 0 radical (unpaired) electrons. The van der Waals surface area contributed by atoms with Crippen LogP contribution in [0, 0.1) is 10.1 Å². The predicted octanol–water partition coefficient (Wildman–Crippen LogP) is 3.40. The lowest BCUT2D eigenvalue weighted by Gasteiger charge is -2.19. The van der Waals surface area contributed by atoms with E-state index in [9.17, 15) is 10.1 Å². The van der Waals surface area contributed by atoms with Crippen molar-refractivity contribution in [1.29, 1.82) is 0 Å². The number of fused-ring (bicyclic) bond motifs is 1.